The molecule has 3 heterocycles. The van der Waals surface area contributed by atoms with Gasteiger partial charge >= 0.3 is 25.7 Å². The predicted molar refractivity (Wildman–Crippen MR) is 176 cm³/mol. The van der Waals surface area contributed by atoms with E-state index in [1.807, 2.05) is 6.07 Å². The van der Waals surface area contributed by atoms with Gasteiger partial charge in [-0.2, -0.15) is 15.4 Å². The fraction of sp³-hybridized carbons (Fsp3) is 0.515. The zero-order chi connectivity index (χ0) is 35.9. The molecule has 1 saturated carbocycles. The van der Waals surface area contributed by atoms with Crippen LogP contribution in [0.25, 0.3) is 5.52 Å². The van der Waals surface area contributed by atoms with Crippen LogP contribution in [0.3, 0.4) is 0 Å². The van der Waals surface area contributed by atoms with E-state index in [0.29, 0.717) is 11.2 Å². The first-order valence-electron chi connectivity index (χ1n) is 16.5. The molecule has 1 aliphatic heterocycles. The lowest BCUT2D eigenvalue weighted by atomic mass is 9.95. The number of hydrogen-bond acceptors (Lipinski definition) is 14. The van der Waals surface area contributed by atoms with E-state index in [9.17, 15) is 24.2 Å². The summed E-state index contributed by atoms with van der Waals surface area (Å²) in [5.41, 5.74) is 4.51. The van der Waals surface area contributed by atoms with Crippen LogP contribution >= 0.6 is 7.75 Å². The zero-order valence-corrected chi connectivity index (χ0v) is 29.0. The van der Waals surface area contributed by atoms with E-state index in [1.54, 1.807) is 44.2 Å². The summed E-state index contributed by atoms with van der Waals surface area (Å²) in [4.78, 5) is 42.6. The second kappa shape index (κ2) is 16.0. The number of nitrogens with zero attached hydrogens (tertiary/aromatic N) is 4. The average Bonchev–Trinajstić information content (AvgIpc) is 3.68. The highest BCUT2D eigenvalue weighted by atomic mass is 31.2. The smallest absolute Gasteiger partial charge is 0.459 e. The van der Waals surface area contributed by atoms with Crippen LogP contribution in [-0.2, 0) is 42.4 Å². The van der Waals surface area contributed by atoms with Crippen molar-refractivity contribution >= 4 is 37.0 Å². The number of nitrogen functional groups attached to an aromatic ring is 1. The molecule has 1 aliphatic carbocycles. The monoisotopic (exact) mass is 712 g/mol. The maximum absolute atomic E-state index is 14.5. The summed E-state index contributed by atoms with van der Waals surface area (Å²) in [6, 6.07) is 12.1. The number of fused-ring (bicyclic) bond motifs is 1. The second-order valence-corrected chi connectivity index (χ2v) is 13.7. The molecule has 0 spiro atoms. The topological polar surface area (TPSA) is 216 Å². The third kappa shape index (κ3) is 8.24. The van der Waals surface area contributed by atoms with E-state index < -0.39 is 62.2 Å². The Kier molecular flexibility index (Phi) is 11.7. The highest BCUT2D eigenvalue weighted by molar-refractivity contribution is 7.52. The minimum atomic E-state index is -4.53. The Balaban J connectivity index is 1.49. The molecule has 0 unspecified atom stereocenters. The predicted octanol–water partition coefficient (Wildman–Crippen LogP) is 4.35. The molecule has 2 fully saturated rings. The van der Waals surface area contributed by atoms with Crippen LogP contribution in [-0.4, -0.2) is 69.1 Å². The largest absolute Gasteiger partial charge is 0.461 e. The third-order valence-corrected chi connectivity index (χ3v) is 10.1. The quantitative estimate of drug-likeness (QED) is 0.135. The Hall–Kier alpha value is -4.55. The number of benzene rings is 1. The highest BCUT2D eigenvalue weighted by Crippen LogP contribution is 2.50. The highest BCUT2D eigenvalue weighted by Gasteiger charge is 2.62. The van der Waals surface area contributed by atoms with Crippen molar-refractivity contribution in [1.82, 2.24) is 19.7 Å². The van der Waals surface area contributed by atoms with Gasteiger partial charge in [0.25, 0.3) is 0 Å². The molecule has 50 heavy (non-hydrogen) atoms. The number of nitrogens with two attached hydrogens (primary N) is 1. The van der Waals surface area contributed by atoms with Crippen molar-refractivity contribution in [3.05, 3.63) is 54.5 Å². The number of carbonyl (C=O) groups excluding carboxylic acids is 3. The second-order valence-electron chi connectivity index (χ2n) is 12.0. The zero-order valence-electron chi connectivity index (χ0n) is 28.1. The summed E-state index contributed by atoms with van der Waals surface area (Å²) in [5, 5.41) is 17.6. The minimum Gasteiger partial charge on any atom is -0.461 e. The summed E-state index contributed by atoms with van der Waals surface area (Å²) in [6.07, 6.45) is 0.996. The molecule has 0 radical (unpaired) electrons. The first kappa shape index (κ1) is 36.7. The number of hydrogen-bond donors (Lipinski definition) is 2. The minimum absolute atomic E-state index is 0.0450. The Morgan fingerprint density at radius 3 is 2.46 bits per heavy atom. The SMILES string of the molecule is CCC(=O)O[C@H]1[C@H](c2ccc3c(N)ncnn23)O[C@](C#N)(CO[P@@](=O)(N[C@@H](C)C(=O)OC2CCCCC2)Oc2ccccc2)[C@H]1OC(=O)CC. The lowest BCUT2D eigenvalue weighted by Gasteiger charge is -2.30. The van der Waals surface area contributed by atoms with Gasteiger partial charge in [-0.3, -0.25) is 18.9 Å². The normalized spacial score (nSPS) is 24.1. The molecule has 1 aromatic carbocycles. The van der Waals surface area contributed by atoms with Crippen LogP contribution in [0.5, 0.6) is 5.75 Å². The van der Waals surface area contributed by atoms with Crippen LogP contribution in [0, 0.1) is 11.3 Å². The molecule has 3 N–H and O–H groups in total. The van der Waals surface area contributed by atoms with Crippen LogP contribution in [0.2, 0.25) is 0 Å². The third-order valence-electron chi connectivity index (χ3n) is 8.45. The van der Waals surface area contributed by atoms with Gasteiger partial charge in [-0.1, -0.05) is 38.5 Å². The lowest BCUT2D eigenvalue weighted by molar-refractivity contribution is -0.169. The average molecular weight is 713 g/mol. The number of nitrogens with one attached hydrogen (secondary N) is 1. The van der Waals surface area contributed by atoms with Crippen LogP contribution in [0.1, 0.15) is 77.5 Å². The number of ether oxygens (including phenoxy) is 4. The number of para-hydroxylation sites is 1. The molecule has 6 atom stereocenters. The van der Waals surface area contributed by atoms with E-state index >= 15 is 0 Å². The Labute approximate surface area is 289 Å². The number of anilines is 1. The van der Waals surface area contributed by atoms with Crippen molar-refractivity contribution in [2.75, 3.05) is 12.3 Å². The number of rotatable bonds is 14. The van der Waals surface area contributed by atoms with E-state index in [1.165, 1.54) is 29.9 Å². The molecule has 0 amide bonds. The number of nitriles is 1. The maximum Gasteiger partial charge on any atom is 0.459 e. The van der Waals surface area contributed by atoms with Gasteiger partial charge < -0.3 is 29.2 Å². The molecule has 3 aromatic rings. The first-order valence-corrected chi connectivity index (χ1v) is 18.1. The van der Waals surface area contributed by atoms with Crippen molar-refractivity contribution in [2.24, 2.45) is 0 Å². The standard InChI is InChI=1S/C33H41N6O10P/c1-4-26(40)46-29-28(24-16-17-25-31(35)36-20-37-39(24)25)48-33(18-34,30(29)47-27(41)5-2)19-44-50(43,49-23-14-10-7-11-15-23)38-21(3)32(42)45-22-12-8-6-9-13-22/h7,10-11,14-17,20-22,28-30H,4-6,8-9,12-13,19H2,1-3H3,(H,38,43)(H2,35,36,37)/t21-,28-,29-,30-,33+,50-/m0/s1. The van der Waals surface area contributed by atoms with Gasteiger partial charge in [0.15, 0.2) is 18.0 Å². The summed E-state index contributed by atoms with van der Waals surface area (Å²) in [7, 11) is -4.53. The van der Waals surface area contributed by atoms with Crippen molar-refractivity contribution in [2.45, 2.75) is 102 Å². The fourth-order valence-electron chi connectivity index (χ4n) is 5.82. The Morgan fingerprint density at radius 1 is 1.08 bits per heavy atom. The van der Waals surface area contributed by atoms with Gasteiger partial charge in [0.05, 0.1) is 5.69 Å². The van der Waals surface area contributed by atoms with E-state index in [-0.39, 0.29) is 30.5 Å². The first-order chi connectivity index (χ1) is 24.0. The fourth-order valence-corrected chi connectivity index (χ4v) is 7.34. The number of carbonyl (C=O) groups is 3. The number of aromatic nitrogens is 3. The van der Waals surface area contributed by atoms with Gasteiger partial charge in [-0.05, 0) is 56.9 Å². The molecule has 2 aliphatic rings. The molecule has 2 aromatic heterocycles. The molecular weight excluding hydrogens is 671 g/mol. The van der Waals surface area contributed by atoms with E-state index in [4.69, 9.17) is 33.7 Å². The number of esters is 3. The van der Waals surface area contributed by atoms with E-state index in [0.717, 1.165) is 32.1 Å². The summed E-state index contributed by atoms with van der Waals surface area (Å²) in [5.74, 6) is -1.78. The van der Waals surface area contributed by atoms with Crippen molar-refractivity contribution in [1.29, 1.82) is 5.26 Å². The molecular formula is C33H41N6O10P. The van der Waals surface area contributed by atoms with Gasteiger partial charge in [0.2, 0.25) is 5.60 Å². The molecule has 5 rings (SSSR count). The Morgan fingerprint density at radius 2 is 1.78 bits per heavy atom. The molecule has 0 bridgehead atoms. The summed E-state index contributed by atoms with van der Waals surface area (Å²) in [6.45, 7) is 3.75. The Bertz CT molecular complexity index is 1760. The van der Waals surface area contributed by atoms with Crippen molar-refractivity contribution < 1.29 is 46.9 Å². The summed E-state index contributed by atoms with van der Waals surface area (Å²) < 4.78 is 51.1. The summed E-state index contributed by atoms with van der Waals surface area (Å²) >= 11 is 0. The molecule has 16 nitrogen and oxygen atoms in total. The van der Waals surface area contributed by atoms with Crippen molar-refractivity contribution in [3.8, 4) is 11.8 Å². The van der Waals surface area contributed by atoms with Gasteiger partial charge in [0.1, 0.15) is 48.5 Å². The molecule has 17 heteroatoms. The lowest BCUT2D eigenvalue weighted by Crippen LogP contribution is -2.49. The maximum atomic E-state index is 14.5. The van der Waals surface area contributed by atoms with Crippen LogP contribution in [0.4, 0.5) is 5.82 Å². The van der Waals surface area contributed by atoms with E-state index in [2.05, 4.69) is 15.2 Å². The van der Waals surface area contributed by atoms with Crippen LogP contribution < -0.4 is 15.3 Å². The van der Waals surface area contributed by atoms with Gasteiger partial charge in [-0.15, -0.1) is 0 Å². The van der Waals surface area contributed by atoms with Crippen molar-refractivity contribution in [3.63, 3.8) is 0 Å². The van der Waals surface area contributed by atoms with Gasteiger partial charge in [0, 0.05) is 12.8 Å². The van der Waals surface area contributed by atoms with Crippen LogP contribution in [0.15, 0.2) is 48.8 Å². The molecule has 1 saturated heterocycles. The van der Waals surface area contributed by atoms with Gasteiger partial charge in [-0.25, -0.2) is 14.1 Å². The molecule has 268 valence electrons.